The van der Waals surface area contributed by atoms with Gasteiger partial charge in [0.2, 0.25) is 17.7 Å². The molecular formula is C39H60N6O6S. The lowest BCUT2D eigenvalue weighted by molar-refractivity contribution is -0.144. The molecule has 1 unspecified atom stereocenters. The number of piperazine rings is 1. The summed E-state index contributed by atoms with van der Waals surface area (Å²) in [7, 11) is 0. The number of β-amino-alcohol motifs (C(OH)–C–C–N with tert-alkyl or cyclic N) is 1. The first kappa shape index (κ1) is 41.2. The smallest absolute Gasteiger partial charge is 0.410 e. The molecule has 288 valence electrons. The summed E-state index contributed by atoms with van der Waals surface area (Å²) >= 11 is 1.59. The van der Waals surface area contributed by atoms with Gasteiger partial charge in [-0.05, 0) is 63.6 Å². The molecule has 2 aromatic rings. The van der Waals surface area contributed by atoms with Crippen molar-refractivity contribution in [3.63, 3.8) is 0 Å². The highest BCUT2D eigenvalue weighted by Crippen LogP contribution is 2.28. The first-order chi connectivity index (χ1) is 24.5. The van der Waals surface area contributed by atoms with Gasteiger partial charge in [-0.1, -0.05) is 64.3 Å². The van der Waals surface area contributed by atoms with Gasteiger partial charge in [0.1, 0.15) is 17.7 Å². The Morgan fingerprint density at radius 2 is 1.62 bits per heavy atom. The SMILES string of the molecule is Cc1ncsc1-c1ccc(CNC(=O)[C@@H]2C[C@@H](O)CN2C(=O)C(NC(=O)CCCCCCCN2CCN(C(=O)OC(C)(C)C)CC2)C(C)(C)C)cc1. The lowest BCUT2D eigenvalue weighted by Gasteiger charge is -2.35. The number of nitrogens with one attached hydrogen (secondary N) is 2. The number of ether oxygens (including phenoxy) is 1. The molecule has 2 aliphatic rings. The predicted octanol–water partition coefficient (Wildman–Crippen LogP) is 5.12. The van der Waals surface area contributed by atoms with Crippen molar-refractivity contribution >= 4 is 35.2 Å². The fourth-order valence-electron chi connectivity index (χ4n) is 6.65. The minimum atomic E-state index is -0.834. The second-order valence-electron chi connectivity index (χ2n) is 16.3. The summed E-state index contributed by atoms with van der Waals surface area (Å²) in [5.74, 6) is -0.864. The van der Waals surface area contributed by atoms with Crippen molar-refractivity contribution in [2.75, 3.05) is 39.3 Å². The summed E-state index contributed by atoms with van der Waals surface area (Å²) in [5.41, 5.74) is 3.71. The van der Waals surface area contributed by atoms with E-state index < -0.39 is 29.2 Å². The topological polar surface area (TPSA) is 144 Å². The molecule has 1 aromatic carbocycles. The zero-order valence-corrected chi connectivity index (χ0v) is 33.0. The van der Waals surface area contributed by atoms with Crippen molar-refractivity contribution in [3.05, 3.63) is 41.0 Å². The number of hydrogen-bond acceptors (Lipinski definition) is 9. The molecule has 3 heterocycles. The Morgan fingerprint density at radius 1 is 0.962 bits per heavy atom. The Balaban J connectivity index is 1.17. The third-order valence-electron chi connectivity index (χ3n) is 9.61. The zero-order valence-electron chi connectivity index (χ0n) is 32.2. The second-order valence-corrected chi connectivity index (χ2v) is 17.1. The van der Waals surface area contributed by atoms with Gasteiger partial charge in [-0.15, -0.1) is 11.3 Å². The van der Waals surface area contributed by atoms with Crippen LogP contribution in [-0.2, 0) is 25.7 Å². The number of carbonyl (C=O) groups excluding carboxylic acids is 4. The molecule has 0 aliphatic carbocycles. The number of aliphatic hydroxyl groups excluding tert-OH is 1. The molecule has 13 heteroatoms. The Morgan fingerprint density at radius 3 is 2.23 bits per heavy atom. The van der Waals surface area contributed by atoms with Crippen LogP contribution >= 0.6 is 11.3 Å². The van der Waals surface area contributed by atoms with Gasteiger partial charge < -0.3 is 30.3 Å². The molecule has 0 spiro atoms. The van der Waals surface area contributed by atoms with E-state index in [4.69, 9.17) is 4.74 Å². The lowest BCUT2D eigenvalue weighted by Crippen LogP contribution is -2.57. The number of carbonyl (C=O) groups is 4. The van der Waals surface area contributed by atoms with E-state index in [1.165, 1.54) is 4.90 Å². The number of benzene rings is 1. The Bertz CT molecular complexity index is 1490. The third kappa shape index (κ3) is 12.3. The zero-order chi connectivity index (χ0) is 38.1. The van der Waals surface area contributed by atoms with E-state index >= 15 is 0 Å². The molecule has 0 saturated carbocycles. The van der Waals surface area contributed by atoms with Gasteiger partial charge >= 0.3 is 6.09 Å². The number of hydrogen-bond donors (Lipinski definition) is 3. The highest BCUT2D eigenvalue weighted by molar-refractivity contribution is 7.13. The number of amides is 4. The normalized spacial score (nSPS) is 19.0. The molecule has 2 saturated heterocycles. The number of thiazole rings is 1. The van der Waals surface area contributed by atoms with Crippen molar-refractivity contribution in [2.24, 2.45) is 5.41 Å². The maximum Gasteiger partial charge on any atom is 0.410 e. The summed E-state index contributed by atoms with van der Waals surface area (Å²) in [6.07, 6.45) is 4.20. The first-order valence-electron chi connectivity index (χ1n) is 18.8. The molecule has 4 amide bonds. The van der Waals surface area contributed by atoms with Crippen LogP contribution in [0, 0.1) is 12.3 Å². The van der Waals surface area contributed by atoms with Gasteiger partial charge in [-0.3, -0.25) is 19.3 Å². The first-order valence-corrected chi connectivity index (χ1v) is 19.6. The number of rotatable bonds is 14. The van der Waals surface area contributed by atoms with Crippen molar-refractivity contribution in [1.82, 2.24) is 30.3 Å². The van der Waals surface area contributed by atoms with Crippen molar-refractivity contribution < 1.29 is 29.0 Å². The fraction of sp³-hybridized carbons (Fsp3) is 0.667. The second kappa shape index (κ2) is 18.5. The van der Waals surface area contributed by atoms with E-state index in [9.17, 15) is 24.3 Å². The molecule has 2 fully saturated rings. The molecule has 0 bridgehead atoms. The quantitative estimate of drug-likeness (QED) is 0.227. The van der Waals surface area contributed by atoms with Crippen molar-refractivity contribution in [3.8, 4) is 10.4 Å². The van der Waals surface area contributed by atoms with Crippen molar-refractivity contribution in [1.29, 1.82) is 0 Å². The van der Waals surface area contributed by atoms with Crippen LogP contribution in [0.25, 0.3) is 10.4 Å². The van der Waals surface area contributed by atoms with Gasteiger partial charge in [-0.2, -0.15) is 0 Å². The van der Waals surface area contributed by atoms with Gasteiger partial charge in [-0.25, -0.2) is 9.78 Å². The highest BCUT2D eigenvalue weighted by Gasteiger charge is 2.44. The largest absolute Gasteiger partial charge is 0.444 e. The minimum Gasteiger partial charge on any atom is -0.444 e. The molecule has 4 rings (SSSR count). The van der Waals surface area contributed by atoms with Crippen LogP contribution in [-0.4, -0.2) is 112 Å². The minimum absolute atomic E-state index is 0.0433. The lowest BCUT2D eigenvalue weighted by atomic mass is 9.85. The van der Waals surface area contributed by atoms with E-state index in [1.807, 2.05) is 78.2 Å². The number of aryl methyl sites for hydroxylation is 1. The van der Waals surface area contributed by atoms with Gasteiger partial charge in [0.15, 0.2) is 0 Å². The van der Waals surface area contributed by atoms with Crippen LogP contribution in [0.4, 0.5) is 4.79 Å². The van der Waals surface area contributed by atoms with Gasteiger partial charge in [0.05, 0.1) is 22.2 Å². The molecule has 12 nitrogen and oxygen atoms in total. The van der Waals surface area contributed by atoms with Crippen LogP contribution in [0.1, 0.15) is 97.7 Å². The van der Waals surface area contributed by atoms with Gasteiger partial charge in [0, 0.05) is 52.1 Å². The van der Waals surface area contributed by atoms with Crippen LogP contribution in [0.2, 0.25) is 0 Å². The van der Waals surface area contributed by atoms with E-state index in [-0.39, 0.29) is 36.8 Å². The van der Waals surface area contributed by atoms with Crippen LogP contribution in [0.3, 0.4) is 0 Å². The maximum atomic E-state index is 13.9. The van der Waals surface area contributed by atoms with Gasteiger partial charge in [0.25, 0.3) is 0 Å². The number of nitrogens with zero attached hydrogens (tertiary/aromatic N) is 4. The number of aromatic nitrogens is 1. The molecule has 3 N–H and O–H groups in total. The Labute approximate surface area is 313 Å². The van der Waals surface area contributed by atoms with E-state index in [1.54, 1.807) is 16.2 Å². The summed E-state index contributed by atoms with van der Waals surface area (Å²) in [5, 5.41) is 16.4. The Kier molecular flexibility index (Phi) is 14.6. The molecule has 2 aliphatic heterocycles. The average molecular weight is 741 g/mol. The molecule has 52 heavy (non-hydrogen) atoms. The van der Waals surface area contributed by atoms with Crippen LogP contribution < -0.4 is 10.6 Å². The average Bonchev–Trinajstić information content (AvgIpc) is 3.69. The summed E-state index contributed by atoms with van der Waals surface area (Å²) in [6, 6.07) is 6.29. The molecule has 0 radical (unpaired) electrons. The number of aliphatic hydroxyl groups is 1. The van der Waals surface area contributed by atoms with Crippen LogP contribution in [0.5, 0.6) is 0 Å². The van der Waals surface area contributed by atoms with Crippen molar-refractivity contribution in [2.45, 2.75) is 124 Å². The Hall–Kier alpha value is -3.55. The standard InChI is InChI=1S/C39H60N6O6S/c1-27-33(52-26-41-27)29-16-14-28(15-17-29)24-40-35(48)31-23-30(46)25-45(31)36(49)34(38(2,3)4)42-32(47)13-11-9-8-10-12-18-43-19-21-44(22-20-43)37(50)51-39(5,6)7/h14-17,26,30-31,34,46H,8-13,18-25H2,1-7H3,(H,40,48)(H,42,47)/t30-,31+,34?/m1/s1. The highest BCUT2D eigenvalue weighted by atomic mass is 32.1. The van der Waals surface area contributed by atoms with E-state index in [0.29, 0.717) is 26.1 Å². The fourth-order valence-corrected chi connectivity index (χ4v) is 7.46. The summed E-state index contributed by atoms with van der Waals surface area (Å²) in [6.45, 7) is 17.7. The maximum absolute atomic E-state index is 13.9. The predicted molar refractivity (Wildman–Crippen MR) is 204 cm³/mol. The third-order valence-corrected chi connectivity index (χ3v) is 10.6. The molecule has 3 atom stereocenters. The molecule has 1 aromatic heterocycles. The number of unbranched alkanes of at least 4 members (excludes halogenated alkanes) is 4. The van der Waals surface area contributed by atoms with E-state index in [0.717, 1.165) is 73.4 Å². The van der Waals surface area contributed by atoms with E-state index in [2.05, 4.69) is 20.5 Å². The summed E-state index contributed by atoms with van der Waals surface area (Å²) < 4.78 is 5.48. The molecular weight excluding hydrogens is 681 g/mol. The van der Waals surface area contributed by atoms with Crippen LogP contribution in [0.15, 0.2) is 29.8 Å². The summed E-state index contributed by atoms with van der Waals surface area (Å²) in [4.78, 5) is 63.7. The number of likely N-dealkylation sites (tertiary alicyclic amines) is 1. The monoisotopic (exact) mass is 740 g/mol.